The maximum Gasteiger partial charge on any atom is 0.167 e. The number of pyridine rings is 1. The molecule has 138 valence electrons. The quantitative estimate of drug-likeness (QED) is 0.623. The highest BCUT2D eigenvalue weighted by atomic mass is 35.5. The third-order valence-corrected chi connectivity index (χ3v) is 5.79. The Labute approximate surface area is 163 Å². The Morgan fingerprint density at radius 2 is 1.88 bits per heavy atom. The molecule has 3 rings (SSSR count). The lowest BCUT2D eigenvalue weighted by atomic mass is 9.88. The first-order chi connectivity index (χ1) is 12.4. The van der Waals surface area contributed by atoms with Crippen molar-refractivity contribution in [2.75, 3.05) is 7.11 Å². The maximum absolute atomic E-state index is 13.0. The monoisotopic (exact) mass is 393 g/mol. The van der Waals surface area contributed by atoms with E-state index in [2.05, 4.69) is 18.8 Å². The van der Waals surface area contributed by atoms with E-state index in [0.717, 1.165) is 18.4 Å². The molecule has 26 heavy (non-hydrogen) atoms. The number of halogens is 2. The molecule has 1 aromatic carbocycles. The van der Waals surface area contributed by atoms with Gasteiger partial charge in [-0.05, 0) is 25.0 Å². The highest BCUT2D eigenvalue weighted by molar-refractivity contribution is 6.36. The number of benzene rings is 1. The van der Waals surface area contributed by atoms with E-state index in [1.54, 1.807) is 19.2 Å². The summed E-state index contributed by atoms with van der Waals surface area (Å²) in [6.07, 6.45) is 5.51. The summed E-state index contributed by atoms with van der Waals surface area (Å²) in [4.78, 5) is 17.0. The van der Waals surface area contributed by atoms with Gasteiger partial charge in [0.1, 0.15) is 5.60 Å². The Balaban J connectivity index is 2.00. The van der Waals surface area contributed by atoms with Crippen LogP contribution in [0.4, 0.5) is 0 Å². The van der Waals surface area contributed by atoms with Gasteiger partial charge in [0, 0.05) is 41.9 Å². The fourth-order valence-electron chi connectivity index (χ4n) is 3.40. The van der Waals surface area contributed by atoms with Crippen molar-refractivity contribution in [2.24, 2.45) is 0 Å². The number of hydrogen-bond acceptors (Lipinski definition) is 4. The molecule has 0 spiro atoms. The van der Waals surface area contributed by atoms with Gasteiger partial charge in [0.2, 0.25) is 0 Å². The minimum atomic E-state index is -0.294. The molecular weight excluding hydrogens is 373 g/mol. The molecule has 1 aromatic heterocycles. The molecule has 0 bridgehead atoms. The van der Waals surface area contributed by atoms with Crippen LogP contribution >= 0.6 is 23.2 Å². The summed E-state index contributed by atoms with van der Waals surface area (Å²) in [5.74, 6) is 1.28. The van der Waals surface area contributed by atoms with Gasteiger partial charge in [-0.1, -0.05) is 37.0 Å². The molecule has 4 nitrogen and oxygen atoms in total. The first-order valence-electron chi connectivity index (χ1n) is 8.64. The number of Topliss-reactive ketones (excluding diaryl/α,β-unsaturated/α-hetero) is 1. The number of carbonyl (C=O) groups is 1. The fourth-order valence-corrected chi connectivity index (χ4v) is 3.90. The molecule has 0 saturated carbocycles. The largest absolute Gasteiger partial charge is 0.493 e. The maximum atomic E-state index is 13.0. The average molecular weight is 394 g/mol. The normalized spacial score (nSPS) is 14.7. The van der Waals surface area contributed by atoms with Crippen molar-refractivity contribution in [3.05, 3.63) is 51.3 Å². The number of methoxy groups -OCH3 is 1. The smallest absolute Gasteiger partial charge is 0.167 e. The molecule has 0 unspecified atom stereocenters. The van der Waals surface area contributed by atoms with Crippen LogP contribution in [0.1, 0.15) is 48.2 Å². The van der Waals surface area contributed by atoms with Crippen molar-refractivity contribution in [1.82, 2.24) is 4.98 Å². The molecule has 0 saturated heterocycles. The van der Waals surface area contributed by atoms with Crippen LogP contribution in [0.5, 0.6) is 11.5 Å². The molecule has 6 heteroatoms. The Morgan fingerprint density at radius 3 is 2.46 bits per heavy atom. The van der Waals surface area contributed by atoms with Crippen molar-refractivity contribution < 1.29 is 14.3 Å². The third-order valence-electron chi connectivity index (χ3n) is 5.14. The van der Waals surface area contributed by atoms with E-state index in [0.29, 0.717) is 39.1 Å². The second-order valence-electron chi connectivity index (χ2n) is 6.47. The van der Waals surface area contributed by atoms with E-state index in [4.69, 9.17) is 32.7 Å². The number of hydrogen-bond donors (Lipinski definition) is 0. The average Bonchev–Trinajstić information content (AvgIpc) is 3.04. The molecule has 0 radical (unpaired) electrons. The van der Waals surface area contributed by atoms with Crippen molar-refractivity contribution >= 4 is 29.0 Å². The van der Waals surface area contributed by atoms with Crippen molar-refractivity contribution in [1.29, 1.82) is 0 Å². The van der Waals surface area contributed by atoms with E-state index in [-0.39, 0.29) is 17.8 Å². The fraction of sp³-hybridized carbons (Fsp3) is 0.400. The molecule has 2 heterocycles. The molecular formula is C20H21Cl2NO3. The molecule has 0 fully saturated rings. The summed E-state index contributed by atoms with van der Waals surface area (Å²) in [7, 11) is 1.61. The molecule has 0 aliphatic carbocycles. The van der Waals surface area contributed by atoms with E-state index in [1.165, 1.54) is 12.4 Å². The molecule has 0 N–H and O–H groups in total. The van der Waals surface area contributed by atoms with Crippen LogP contribution in [-0.4, -0.2) is 23.5 Å². The zero-order valence-electron chi connectivity index (χ0n) is 15.1. The van der Waals surface area contributed by atoms with Gasteiger partial charge in [0.05, 0.1) is 17.2 Å². The lowest BCUT2D eigenvalue weighted by molar-refractivity contribution is 0.0828. The number of ketones is 1. The molecule has 0 amide bonds. The van der Waals surface area contributed by atoms with E-state index in [9.17, 15) is 4.79 Å². The van der Waals surface area contributed by atoms with Crippen LogP contribution < -0.4 is 9.47 Å². The van der Waals surface area contributed by atoms with Gasteiger partial charge in [0.15, 0.2) is 17.3 Å². The highest BCUT2D eigenvalue weighted by Gasteiger charge is 2.40. The van der Waals surface area contributed by atoms with Crippen molar-refractivity contribution in [3.63, 3.8) is 0 Å². The SMILES string of the molecule is CCC1(CC)Cc2c(C(=O)Cc3c(Cl)cncc3Cl)ccc(OC)c2O1. The summed E-state index contributed by atoms with van der Waals surface area (Å²) in [6, 6.07) is 3.58. The van der Waals surface area contributed by atoms with Gasteiger partial charge in [0.25, 0.3) is 0 Å². The first-order valence-corrected chi connectivity index (χ1v) is 9.40. The summed E-state index contributed by atoms with van der Waals surface area (Å²) < 4.78 is 11.7. The van der Waals surface area contributed by atoms with Gasteiger partial charge in [-0.25, -0.2) is 0 Å². The van der Waals surface area contributed by atoms with E-state index in [1.807, 2.05) is 0 Å². The Hall–Kier alpha value is -1.78. The summed E-state index contributed by atoms with van der Waals surface area (Å²) in [5.41, 5.74) is 1.83. The van der Waals surface area contributed by atoms with E-state index >= 15 is 0 Å². The summed E-state index contributed by atoms with van der Waals surface area (Å²) in [5, 5.41) is 0.785. The topological polar surface area (TPSA) is 48.4 Å². The Morgan fingerprint density at radius 1 is 1.23 bits per heavy atom. The number of carbonyl (C=O) groups excluding carboxylic acids is 1. The van der Waals surface area contributed by atoms with Gasteiger partial charge in [-0.2, -0.15) is 0 Å². The zero-order chi connectivity index (χ0) is 18.9. The lowest BCUT2D eigenvalue weighted by Crippen LogP contribution is -2.32. The number of ether oxygens (including phenoxy) is 2. The van der Waals surface area contributed by atoms with Crippen LogP contribution in [0.2, 0.25) is 10.0 Å². The third kappa shape index (κ3) is 3.28. The standard InChI is InChI=1S/C20H21Cl2NO3/c1-4-20(5-2)9-14-12(6-7-18(25-3)19(14)26-20)17(24)8-13-15(21)10-23-11-16(13)22/h6-7,10-11H,4-5,8-9H2,1-3H3. The predicted octanol–water partition coefficient (Wildman–Crippen LogP) is 5.32. The van der Waals surface area contributed by atoms with Gasteiger partial charge in [-0.3, -0.25) is 9.78 Å². The van der Waals surface area contributed by atoms with Gasteiger partial charge < -0.3 is 9.47 Å². The molecule has 1 aliphatic rings. The van der Waals surface area contributed by atoms with E-state index < -0.39 is 0 Å². The Kier molecular flexibility index (Phi) is 5.44. The minimum Gasteiger partial charge on any atom is -0.493 e. The van der Waals surface area contributed by atoms with Crippen LogP contribution in [0.25, 0.3) is 0 Å². The number of aromatic nitrogens is 1. The van der Waals surface area contributed by atoms with Gasteiger partial charge >= 0.3 is 0 Å². The summed E-state index contributed by atoms with van der Waals surface area (Å²) >= 11 is 12.3. The number of rotatable bonds is 6. The first kappa shape index (κ1) is 19.0. The summed E-state index contributed by atoms with van der Waals surface area (Å²) in [6.45, 7) is 4.19. The molecule has 2 aromatic rings. The highest BCUT2D eigenvalue weighted by Crippen LogP contribution is 2.46. The number of fused-ring (bicyclic) bond motifs is 1. The second-order valence-corrected chi connectivity index (χ2v) is 7.29. The van der Waals surface area contributed by atoms with Crippen LogP contribution in [0.3, 0.4) is 0 Å². The minimum absolute atomic E-state index is 0.0505. The lowest BCUT2D eigenvalue weighted by Gasteiger charge is -2.25. The van der Waals surface area contributed by atoms with Gasteiger partial charge in [-0.15, -0.1) is 0 Å². The van der Waals surface area contributed by atoms with Crippen LogP contribution in [-0.2, 0) is 12.8 Å². The zero-order valence-corrected chi connectivity index (χ0v) is 16.6. The molecule has 1 aliphatic heterocycles. The predicted molar refractivity (Wildman–Crippen MR) is 103 cm³/mol. The second kappa shape index (κ2) is 7.45. The number of nitrogens with zero attached hydrogens (tertiary/aromatic N) is 1. The van der Waals surface area contributed by atoms with Crippen LogP contribution in [0, 0.1) is 0 Å². The van der Waals surface area contributed by atoms with Crippen LogP contribution in [0.15, 0.2) is 24.5 Å². The Bertz CT molecular complexity index is 827. The molecule has 0 atom stereocenters. The van der Waals surface area contributed by atoms with Crippen molar-refractivity contribution in [3.8, 4) is 11.5 Å². The van der Waals surface area contributed by atoms with Crippen molar-refractivity contribution in [2.45, 2.75) is 45.1 Å².